The molecule has 0 radical (unpaired) electrons. The molecule has 2 aliphatic rings. The van der Waals surface area contributed by atoms with Gasteiger partial charge in [0.05, 0.1) is 26.1 Å². The van der Waals surface area contributed by atoms with Crippen molar-refractivity contribution < 1.29 is 9.47 Å². The van der Waals surface area contributed by atoms with Gasteiger partial charge in [0.15, 0.2) is 0 Å². The third kappa shape index (κ3) is 3.13. The zero-order valence-corrected chi connectivity index (χ0v) is 17.9. The van der Waals surface area contributed by atoms with Crippen molar-refractivity contribution in [1.29, 1.82) is 0 Å². The van der Waals surface area contributed by atoms with E-state index in [1.165, 1.54) is 0 Å². The normalized spacial score (nSPS) is 19.0. The van der Waals surface area contributed by atoms with E-state index < -0.39 is 5.54 Å². The molecule has 6 nitrogen and oxygen atoms in total. The number of nitrogens with two attached hydrogens (primary N) is 1. The monoisotopic (exact) mass is 424 g/mol. The van der Waals surface area contributed by atoms with E-state index >= 15 is 0 Å². The average Bonchev–Trinajstić information content (AvgIpc) is 3.26. The number of benzene rings is 2. The summed E-state index contributed by atoms with van der Waals surface area (Å²) in [5.41, 5.74) is 5.61. The first kappa shape index (κ1) is 19.9. The van der Waals surface area contributed by atoms with Crippen molar-refractivity contribution in [3.05, 3.63) is 114 Å². The number of nitrogens with one attached hydrogen (secondary N) is 1. The van der Waals surface area contributed by atoms with Gasteiger partial charge in [-0.2, -0.15) is 0 Å². The second-order valence-corrected chi connectivity index (χ2v) is 7.68. The molecular weight excluding hydrogens is 400 g/mol. The van der Waals surface area contributed by atoms with E-state index in [1.54, 1.807) is 25.4 Å². The molecule has 0 spiro atoms. The van der Waals surface area contributed by atoms with Gasteiger partial charge in [-0.25, -0.2) is 5.84 Å². The van der Waals surface area contributed by atoms with Crippen LogP contribution in [-0.2, 0) is 5.54 Å². The van der Waals surface area contributed by atoms with E-state index in [9.17, 15) is 0 Å². The molecule has 0 fully saturated rings. The number of fused-ring (bicyclic) bond motifs is 1. The Morgan fingerprint density at radius 1 is 0.906 bits per heavy atom. The largest absolute Gasteiger partial charge is 0.497 e. The lowest BCUT2D eigenvalue weighted by Gasteiger charge is -2.36. The third-order valence-electron chi connectivity index (χ3n) is 5.99. The Kier molecular flexibility index (Phi) is 4.92. The summed E-state index contributed by atoms with van der Waals surface area (Å²) in [5.74, 6) is 7.78. The molecule has 6 heteroatoms. The fourth-order valence-corrected chi connectivity index (χ4v) is 4.37. The fraction of sp³-hybridized carbons (Fsp3) is 0.115. The molecule has 3 aromatic rings. The molecule has 0 bridgehead atoms. The van der Waals surface area contributed by atoms with Gasteiger partial charge in [0.2, 0.25) is 0 Å². The second-order valence-electron chi connectivity index (χ2n) is 7.68. The molecule has 0 aliphatic carbocycles. The first-order valence-corrected chi connectivity index (χ1v) is 10.3. The smallest absolute Gasteiger partial charge is 0.137 e. The maximum Gasteiger partial charge on any atom is 0.137 e. The lowest BCUT2D eigenvalue weighted by Crippen LogP contribution is -2.40. The van der Waals surface area contributed by atoms with Crippen LogP contribution >= 0.6 is 0 Å². The van der Waals surface area contributed by atoms with Gasteiger partial charge < -0.3 is 14.8 Å². The number of ether oxygens (including phenoxy) is 2. The Labute approximate surface area is 187 Å². The number of aromatic nitrogens is 1. The molecule has 160 valence electrons. The van der Waals surface area contributed by atoms with Crippen molar-refractivity contribution in [2.45, 2.75) is 5.54 Å². The molecule has 1 atom stereocenters. The maximum absolute atomic E-state index is 6.25. The molecule has 2 aliphatic heterocycles. The molecular formula is C26H24N4O2. The summed E-state index contributed by atoms with van der Waals surface area (Å²) in [5, 5.41) is 5.28. The molecule has 0 saturated heterocycles. The summed E-state index contributed by atoms with van der Waals surface area (Å²) < 4.78 is 10.8. The minimum absolute atomic E-state index is 0.605. The van der Waals surface area contributed by atoms with Crippen LogP contribution in [0.15, 0.2) is 103 Å². The van der Waals surface area contributed by atoms with Gasteiger partial charge in [-0.3, -0.25) is 9.99 Å². The van der Waals surface area contributed by atoms with E-state index in [1.807, 2.05) is 42.9 Å². The molecule has 1 aromatic heterocycles. The fourth-order valence-electron chi connectivity index (χ4n) is 4.37. The predicted octanol–water partition coefficient (Wildman–Crippen LogP) is 4.08. The topological polar surface area (TPSA) is 72.6 Å². The zero-order chi connectivity index (χ0) is 22.1. The number of methoxy groups -OCH3 is 2. The van der Waals surface area contributed by atoms with Crippen LogP contribution in [-0.4, -0.2) is 24.2 Å². The molecule has 32 heavy (non-hydrogen) atoms. The van der Waals surface area contributed by atoms with Crippen LogP contribution in [0.1, 0.15) is 11.1 Å². The Bertz CT molecular complexity index is 1250. The van der Waals surface area contributed by atoms with Gasteiger partial charge in [0, 0.05) is 29.7 Å². The second kappa shape index (κ2) is 7.90. The number of rotatable bonds is 5. The summed E-state index contributed by atoms with van der Waals surface area (Å²) in [7, 11) is 3.32. The molecule has 3 heterocycles. The first-order valence-electron chi connectivity index (χ1n) is 10.3. The van der Waals surface area contributed by atoms with Gasteiger partial charge in [0.1, 0.15) is 17.0 Å². The first-order chi connectivity index (χ1) is 15.7. The quantitative estimate of drug-likeness (QED) is 0.602. The van der Waals surface area contributed by atoms with E-state index in [-0.39, 0.29) is 0 Å². The Morgan fingerprint density at radius 3 is 2.50 bits per heavy atom. The minimum Gasteiger partial charge on any atom is -0.497 e. The number of allylic oxidation sites excluding steroid dienone is 2. The van der Waals surface area contributed by atoms with E-state index in [4.69, 9.17) is 15.3 Å². The van der Waals surface area contributed by atoms with Gasteiger partial charge in [0.25, 0.3) is 0 Å². The lowest BCUT2D eigenvalue weighted by molar-refractivity contribution is 0.413. The van der Waals surface area contributed by atoms with Crippen LogP contribution in [0.25, 0.3) is 11.1 Å². The van der Waals surface area contributed by atoms with Gasteiger partial charge in [-0.05, 0) is 47.0 Å². The molecule has 0 saturated carbocycles. The highest BCUT2D eigenvalue weighted by atomic mass is 16.5. The Morgan fingerprint density at radius 2 is 1.72 bits per heavy atom. The minimum atomic E-state index is -0.605. The van der Waals surface area contributed by atoms with Crippen molar-refractivity contribution >= 4 is 0 Å². The van der Waals surface area contributed by atoms with Crippen LogP contribution in [0, 0.1) is 0 Å². The van der Waals surface area contributed by atoms with Crippen LogP contribution in [0.4, 0.5) is 0 Å². The van der Waals surface area contributed by atoms with E-state index in [0.717, 1.165) is 45.0 Å². The van der Waals surface area contributed by atoms with Gasteiger partial charge in [-0.1, -0.05) is 36.4 Å². The highest BCUT2D eigenvalue weighted by Crippen LogP contribution is 2.46. The van der Waals surface area contributed by atoms with Crippen LogP contribution in [0.5, 0.6) is 11.5 Å². The lowest BCUT2D eigenvalue weighted by atomic mass is 9.76. The van der Waals surface area contributed by atoms with E-state index in [0.29, 0.717) is 0 Å². The molecule has 0 amide bonds. The zero-order valence-electron chi connectivity index (χ0n) is 17.9. The summed E-state index contributed by atoms with van der Waals surface area (Å²) in [6.07, 6.45) is 11.4. The molecule has 2 aromatic carbocycles. The number of hydrazine groups is 1. The standard InChI is InChI=1S/C26H24N4O2/c1-31-22-10-8-20(9-11-22)26(24-7-4-12-30(27)25(24)17-29-26)21-6-3-5-18(13-21)19-14-23(32-2)16-28-15-19/h3-17,29H,27H2,1-2H3. The molecule has 3 N–H and O–H groups in total. The van der Waals surface area contributed by atoms with Crippen LogP contribution in [0.3, 0.4) is 0 Å². The van der Waals surface area contributed by atoms with Crippen molar-refractivity contribution in [2.75, 3.05) is 14.2 Å². The SMILES string of the molecule is COc1ccc(C2(c3cccc(-c4cncc(OC)c4)c3)NC=C3C2=CC=CN3N)cc1. The van der Waals surface area contributed by atoms with Crippen LogP contribution < -0.4 is 20.6 Å². The van der Waals surface area contributed by atoms with Gasteiger partial charge >= 0.3 is 0 Å². The number of pyridine rings is 1. The highest BCUT2D eigenvalue weighted by Gasteiger charge is 2.44. The number of hydrogen-bond acceptors (Lipinski definition) is 6. The Hall–Kier alpha value is -4.03. The molecule has 5 rings (SSSR count). The third-order valence-corrected chi connectivity index (χ3v) is 5.99. The summed E-state index contributed by atoms with van der Waals surface area (Å²) in [4.78, 5) is 4.32. The summed E-state index contributed by atoms with van der Waals surface area (Å²) in [6.45, 7) is 0. The van der Waals surface area contributed by atoms with E-state index in [2.05, 4.69) is 52.8 Å². The van der Waals surface area contributed by atoms with Crippen molar-refractivity contribution in [1.82, 2.24) is 15.3 Å². The highest BCUT2D eigenvalue weighted by molar-refractivity contribution is 5.68. The van der Waals surface area contributed by atoms with Crippen molar-refractivity contribution in [2.24, 2.45) is 5.84 Å². The van der Waals surface area contributed by atoms with Crippen molar-refractivity contribution in [3.63, 3.8) is 0 Å². The van der Waals surface area contributed by atoms with Crippen molar-refractivity contribution in [3.8, 4) is 22.6 Å². The van der Waals surface area contributed by atoms with Crippen LogP contribution in [0.2, 0.25) is 0 Å². The maximum atomic E-state index is 6.25. The Balaban J connectivity index is 1.68. The van der Waals surface area contributed by atoms with Gasteiger partial charge in [-0.15, -0.1) is 0 Å². The summed E-state index contributed by atoms with van der Waals surface area (Å²) in [6, 6.07) is 18.6. The number of hydrogen-bond donors (Lipinski definition) is 2. The number of nitrogens with zero attached hydrogens (tertiary/aromatic N) is 2. The predicted molar refractivity (Wildman–Crippen MR) is 124 cm³/mol. The average molecular weight is 425 g/mol. The molecule has 1 unspecified atom stereocenters. The summed E-state index contributed by atoms with van der Waals surface area (Å²) >= 11 is 0.